The van der Waals surface area contributed by atoms with Crippen LogP contribution in [0.2, 0.25) is 0 Å². The number of carbonyl (C=O) groups is 1. The molecule has 2 aromatic rings. The van der Waals surface area contributed by atoms with Crippen molar-refractivity contribution in [2.75, 3.05) is 20.0 Å². The van der Waals surface area contributed by atoms with Gasteiger partial charge in [0.1, 0.15) is 11.6 Å². The predicted molar refractivity (Wildman–Crippen MR) is 154 cm³/mol. The molecule has 0 spiro atoms. The first kappa shape index (κ1) is 30.6. The van der Waals surface area contributed by atoms with Crippen LogP contribution in [0.1, 0.15) is 64.3 Å². The van der Waals surface area contributed by atoms with Crippen LogP contribution in [0.5, 0.6) is 5.75 Å². The fourth-order valence-electron chi connectivity index (χ4n) is 6.79. The summed E-state index contributed by atoms with van der Waals surface area (Å²) in [6, 6.07) is 6.04. The van der Waals surface area contributed by atoms with E-state index in [1.807, 2.05) is 19.1 Å². The molecule has 1 amide bonds. The molecule has 3 aliphatic rings. The Morgan fingerprint density at radius 3 is 2.48 bits per heavy atom. The molecule has 3 unspecified atom stereocenters. The molecule has 1 aromatic carbocycles. The lowest BCUT2D eigenvalue weighted by molar-refractivity contribution is -0.0197. The van der Waals surface area contributed by atoms with Crippen molar-refractivity contribution in [3.05, 3.63) is 53.9 Å². The topological polar surface area (TPSA) is 111 Å². The van der Waals surface area contributed by atoms with E-state index in [-0.39, 0.29) is 36.8 Å². The van der Waals surface area contributed by atoms with Crippen molar-refractivity contribution in [1.82, 2.24) is 19.2 Å². The first-order valence-corrected chi connectivity index (χ1v) is 16.4. The van der Waals surface area contributed by atoms with Crippen LogP contribution in [0, 0.1) is 11.7 Å². The maximum atomic E-state index is 13.4. The van der Waals surface area contributed by atoms with Gasteiger partial charge in [-0.2, -0.15) is 4.31 Å². The number of rotatable bonds is 10. The number of amides is 1. The number of ether oxygens (including phenoxy) is 3. The minimum Gasteiger partial charge on any atom is -0.497 e. The third kappa shape index (κ3) is 6.40. The zero-order valence-corrected chi connectivity index (χ0v) is 25.7. The third-order valence-electron chi connectivity index (χ3n) is 8.96. The molecule has 2 saturated carbocycles. The number of hydrogen-bond acceptors (Lipinski definition) is 8. The summed E-state index contributed by atoms with van der Waals surface area (Å²) < 4.78 is 58.6. The summed E-state index contributed by atoms with van der Waals surface area (Å²) in [4.78, 5) is 23.4. The summed E-state index contributed by atoms with van der Waals surface area (Å²) in [5, 5.41) is 0. The Kier molecular flexibility index (Phi) is 8.78. The number of carbonyl (C=O) groups excluding carboxylic acids is 1. The molecule has 12 heteroatoms. The highest BCUT2D eigenvalue weighted by molar-refractivity contribution is 7.88. The first-order chi connectivity index (χ1) is 19.9. The predicted octanol–water partition coefficient (Wildman–Crippen LogP) is 4.29. The normalized spacial score (nSPS) is 29.0. The van der Waals surface area contributed by atoms with E-state index in [0.29, 0.717) is 23.9 Å². The van der Waals surface area contributed by atoms with Gasteiger partial charge in [0.2, 0.25) is 10.0 Å². The van der Waals surface area contributed by atoms with E-state index >= 15 is 0 Å². The molecule has 2 aliphatic carbocycles. The quantitative estimate of drug-likeness (QED) is 0.395. The Labute approximate surface area is 247 Å². The van der Waals surface area contributed by atoms with Crippen LogP contribution in [0.3, 0.4) is 0 Å². The van der Waals surface area contributed by atoms with Gasteiger partial charge in [0, 0.05) is 24.0 Å². The summed E-state index contributed by atoms with van der Waals surface area (Å²) >= 11 is 0. The third-order valence-corrected chi connectivity index (χ3v) is 10.2. The number of fused-ring (bicyclic) bond motifs is 1. The van der Waals surface area contributed by atoms with E-state index in [0.717, 1.165) is 31.2 Å². The van der Waals surface area contributed by atoms with Gasteiger partial charge in [-0.05, 0) is 76.5 Å². The van der Waals surface area contributed by atoms with Gasteiger partial charge in [-0.3, -0.25) is 4.90 Å². The molecule has 5 rings (SSSR count). The van der Waals surface area contributed by atoms with Crippen LogP contribution < -0.4 is 4.74 Å². The zero-order chi connectivity index (χ0) is 30.2. The summed E-state index contributed by atoms with van der Waals surface area (Å²) in [6.45, 7) is 5.86. The Morgan fingerprint density at radius 1 is 1.19 bits per heavy atom. The number of hydrogen-bond donors (Lipinski definition) is 0. The molecule has 1 saturated heterocycles. The van der Waals surface area contributed by atoms with Gasteiger partial charge < -0.3 is 14.2 Å². The molecule has 2 heterocycles. The average Bonchev–Trinajstić information content (AvgIpc) is 3.58. The second kappa shape index (κ2) is 12.0. The van der Waals surface area contributed by atoms with Gasteiger partial charge in [0.25, 0.3) is 0 Å². The van der Waals surface area contributed by atoms with Gasteiger partial charge in [-0.1, -0.05) is 12.1 Å². The Hall–Kier alpha value is -2.83. The van der Waals surface area contributed by atoms with Crippen LogP contribution >= 0.6 is 0 Å². The largest absolute Gasteiger partial charge is 0.497 e. The molecule has 230 valence electrons. The molecule has 0 bridgehead atoms. The van der Waals surface area contributed by atoms with Crippen LogP contribution in [-0.2, 0) is 31.5 Å². The lowest BCUT2D eigenvalue weighted by Crippen LogP contribution is -2.52. The van der Waals surface area contributed by atoms with Crippen molar-refractivity contribution in [2.45, 2.75) is 95.2 Å². The summed E-state index contributed by atoms with van der Waals surface area (Å²) in [5.41, 5.74) is 0.702. The second-order valence-corrected chi connectivity index (χ2v) is 14.2. The molecule has 42 heavy (non-hydrogen) atoms. The monoisotopic (exact) mass is 604 g/mol. The van der Waals surface area contributed by atoms with Gasteiger partial charge in [-0.15, -0.1) is 0 Å². The van der Waals surface area contributed by atoms with Gasteiger partial charge in [0.05, 0.1) is 50.6 Å². The zero-order valence-electron chi connectivity index (χ0n) is 24.9. The minimum atomic E-state index is -3.65. The molecule has 0 radical (unpaired) electrons. The smallest absolute Gasteiger partial charge is 0.410 e. The Balaban J connectivity index is 1.33. The van der Waals surface area contributed by atoms with E-state index in [1.165, 1.54) is 23.0 Å². The molecule has 1 aromatic heterocycles. The average molecular weight is 605 g/mol. The molecule has 3 fully saturated rings. The summed E-state index contributed by atoms with van der Waals surface area (Å²) in [6.07, 6.45) is 6.66. The van der Waals surface area contributed by atoms with Crippen LogP contribution in [0.15, 0.2) is 36.7 Å². The summed E-state index contributed by atoms with van der Waals surface area (Å²) in [5.74, 6) is 1.29. The van der Waals surface area contributed by atoms with E-state index in [9.17, 15) is 17.6 Å². The minimum absolute atomic E-state index is 0.0427. The van der Waals surface area contributed by atoms with Crippen molar-refractivity contribution < 1.29 is 31.8 Å². The highest BCUT2D eigenvalue weighted by Gasteiger charge is 2.60. The lowest BCUT2D eigenvalue weighted by Gasteiger charge is -2.36. The second-order valence-electron chi connectivity index (χ2n) is 12.2. The van der Waals surface area contributed by atoms with E-state index < -0.39 is 34.0 Å². The Morgan fingerprint density at radius 2 is 1.88 bits per heavy atom. The van der Waals surface area contributed by atoms with Crippen LogP contribution in [-0.4, -0.2) is 84.0 Å². The number of halogens is 1. The van der Waals surface area contributed by atoms with Gasteiger partial charge in [0.15, 0.2) is 5.82 Å². The van der Waals surface area contributed by atoms with Gasteiger partial charge >= 0.3 is 6.09 Å². The highest BCUT2D eigenvalue weighted by atomic mass is 32.2. The molecular formula is C30H41FN4O6S. The number of benzene rings is 1. The first-order valence-electron chi connectivity index (χ1n) is 14.6. The fourth-order valence-corrected chi connectivity index (χ4v) is 7.90. The maximum absolute atomic E-state index is 13.4. The molecular weight excluding hydrogens is 563 g/mol. The van der Waals surface area contributed by atoms with Crippen molar-refractivity contribution in [3.63, 3.8) is 0 Å². The standard InChI is InChI=1S/C30H41FN4O6S/c1-19(2)41-29(36)35-20(3)12-26(34(42(5,37)38)17-21-6-8-24(39-4)9-7-21)27(35)18-40-25-10-11-30(14-22(30)13-25)28-32-15-23(31)16-33-28/h6-9,15-16,19-20,22,25-27H,10-14,17-18H2,1-5H3/t20-,22?,25?,26+,27+,30?/m1/s1. The Bertz CT molecular complexity index is 1360. The van der Waals surface area contributed by atoms with Crippen molar-refractivity contribution >= 4 is 16.1 Å². The molecule has 6 atom stereocenters. The number of aromatic nitrogens is 2. The molecule has 0 N–H and O–H groups in total. The number of sulfonamides is 1. The maximum Gasteiger partial charge on any atom is 0.410 e. The number of likely N-dealkylation sites (tertiary alicyclic amines) is 1. The fraction of sp³-hybridized carbons (Fsp3) is 0.633. The SMILES string of the molecule is COc1ccc(CN([C@H]2C[C@@H](C)N(C(=O)OC(C)C)[C@H]2COC2CCC3(c4ncc(F)cn4)CC3C2)S(C)(=O)=O)cc1. The highest BCUT2D eigenvalue weighted by Crippen LogP contribution is 2.61. The van der Waals surface area contributed by atoms with Gasteiger partial charge in [-0.25, -0.2) is 27.6 Å². The van der Waals surface area contributed by atoms with Crippen molar-refractivity contribution in [3.8, 4) is 5.75 Å². The van der Waals surface area contributed by atoms with E-state index in [1.54, 1.807) is 38.0 Å². The van der Waals surface area contributed by atoms with Crippen molar-refractivity contribution in [2.24, 2.45) is 5.92 Å². The number of nitrogens with zero attached hydrogens (tertiary/aromatic N) is 4. The lowest BCUT2D eigenvalue weighted by atomic mass is 9.86. The summed E-state index contributed by atoms with van der Waals surface area (Å²) in [7, 11) is -2.07. The van der Waals surface area contributed by atoms with Crippen LogP contribution in [0.25, 0.3) is 0 Å². The number of methoxy groups -OCH3 is 1. The molecule has 1 aliphatic heterocycles. The van der Waals surface area contributed by atoms with Crippen molar-refractivity contribution in [1.29, 1.82) is 0 Å². The van der Waals surface area contributed by atoms with E-state index in [2.05, 4.69) is 9.97 Å². The molecule has 10 nitrogen and oxygen atoms in total. The van der Waals surface area contributed by atoms with Crippen LogP contribution in [0.4, 0.5) is 9.18 Å². The van der Waals surface area contributed by atoms with E-state index in [4.69, 9.17) is 14.2 Å².